The lowest BCUT2D eigenvalue weighted by Crippen LogP contribution is -2.11. The van der Waals surface area contributed by atoms with Gasteiger partial charge in [0.25, 0.3) is 0 Å². The highest BCUT2D eigenvalue weighted by molar-refractivity contribution is 7.91. The highest BCUT2D eigenvalue weighted by atomic mass is 32.2. The van der Waals surface area contributed by atoms with E-state index in [0.717, 1.165) is 28.7 Å². The quantitative estimate of drug-likeness (QED) is 0.839. The van der Waals surface area contributed by atoms with Crippen LogP contribution in [0.3, 0.4) is 0 Å². The predicted molar refractivity (Wildman–Crippen MR) is 83.3 cm³/mol. The van der Waals surface area contributed by atoms with Crippen LogP contribution < -0.4 is 11.1 Å². The molecule has 2 heterocycles. The molecule has 0 spiro atoms. The molecule has 2 aromatic heterocycles. The molecule has 0 aliphatic heterocycles. The van der Waals surface area contributed by atoms with Crippen LogP contribution in [0.15, 0.2) is 10.3 Å². The van der Waals surface area contributed by atoms with E-state index >= 15 is 0 Å². The molecule has 0 fully saturated rings. The Balaban J connectivity index is 2.07. The van der Waals surface area contributed by atoms with E-state index in [1.54, 1.807) is 18.3 Å². The van der Waals surface area contributed by atoms with Crippen LogP contribution in [-0.4, -0.2) is 30.1 Å². The van der Waals surface area contributed by atoms with Crippen LogP contribution in [0.4, 0.5) is 10.8 Å². The molecule has 20 heavy (non-hydrogen) atoms. The van der Waals surface area contributed by atoms with Gasteiger partial charge in [-0.25, -0.2) is 13.4 Å². The molecule has 2 rings (SSSR count). The Hall–Kier alpha value is -1.19. The van der Waals surface area contributed by atoms with E-state index in [1.165, 1.54) is 0 Å². The minimum absolute atomic E-state index is 0.00950. The number of anilines is 2. The van der Waals surface area contributed by atoms with Crippen molar-refractivity contribution in [2.75, 3.05) is 23.3 Å². The fraction of sp³-hybridized carbons (Fsp3) is 0.455. The van der Waals surface area contributed by atoms with Crippen molar-refractivity contribution in [3.8, 4) is 0 Å². The van der Waals surface area contributed by atoms with Crippen molar-refractivity contribution < 1.29 is 8.42 Å². The van der Waals surface area contributed by atoms with E-state index in [4.69, 9.17) is 5.73 Å². The number of rotatable bonds is 6. The van der Waals surface area contributed by atoms with Crippen molar-refractivity contribution in [3.05, 3.63) is 16.1 Å². The summed E-state index contributed by atoms with van der Waals surface area (Å²) in [6.45, 7) is 4.14. The first-order valence-electron chi connectivity index (χ1n) is 6.07. The molecular formula is C11H16N4O2S3. The molecule has 0 radical (unpaired) electrons. The lowest BCUT2D eigenvalue weighted by atomic mass is 10.3. The molecule has 6 nitrogen and oxygen atoms in total. The van der Waals surface area contributed by atoms with Gasteiger partial charge in [-0.3, -0.25) is 0 Å². The largest absolute Gasteiger partial charge is 0.382 e. The van der Waals surface area contributed by atoms with Crippen LogP contribution in [0.5, 0.6) is 0 Å². The van der Waals surface area contributed by atoms with E-state index in [-0.39, 0.29) is 16.5 Å². The summed E-state index contributed by atoms with van der Waals surface area (Å²) in [6, 6.07) is 0. The first kappa shape index (κ1) is 15.2. The zero-order valence-electron chi connectivity index (χ0n) is 11.2. The highest BCUT2D eigenvalue weighted by Crippen LogP contribution is 2.32. The van der Waals surface area contributed by atoms with Gasteiger partial charge in [0.05, 0.1) is 16.5 Å². The summed E-state index contributed by atoms with van der Waals surface area (Å²) in [5.41, 5.74) is 6.66. The number of nitrogens with two attached hydrogens (primary N) is 1. The van der Waals surface area contributed by atoms with Crippen LogP contribution in [0, 0.1) is 6.92 Å². The van der Waals surface area contributed by atoms with Crippen LogP contribution in [0.2, 0.25) is 0 Å². The smallest absolute Gasteiger partial charge is 0.184 e. The highest BCUT2D eigenvalue weighted by Gasteiger charge is 2.23. The fourth-order valence-corrected chi connectivity index (χ4v) is 4.52. The summed E-state index contributed by atoms with van der Waals surface area (Å²) in [5.74, 6) is 0.0825. The van der Waals surface area contributed by atoms with Crippen LogP contribution in [0.25, 0.3) is 0 Å². The Bertz CT molecular complexity index is 690. The monoisotopic (exact) mass is 332 g/mol. The number of thiazole rings is 1. The molecule has 0 amide bonds. The molecule has 0 atom stereocenters. The number of nitrogens with zero attached hydrogens (tertiary/aromatic N) is 2. The molecule has 0 aliphatic rings. The summed E-state index contributed by atoms with van der Waals surface area (Å²) in [4.78, 5) is 4.48. The van der Waals surface area contributed by atoms with E-state index < -0.39 is 9.84 Å². The first-order valence-corrected chi connectivity index (χ1v) is 9.37. The summed E-state index contributed by atoms with van der Waals surface area (Å²) in [7, 11) is -3.36. The SMILES string of the molecule is CCS(=O)(=O)c1c(N)nsc1NCCc1csc(C)n1. The van der Waals surface area contributed by atoms with E-state index in [1.807, 2.05) is 12.3 Å². The minimum Gasteiger partial charge on any atom is -0.382 e. The third-order valence-electron chi connectivity index (χ3n) is 2.70. The number of hydrogen-bond donors (Lipinski definition) is 2. The maximum atomic E-state index is 12.0. The van der Waals surface area contributed by atoms with E-state index in [9.17, 15) is 8.42 Å². The number of nitrogens with one attached hydrogen (secondary N) is 1. The van der Waals surface area contributed by atoms with Gasteiger partial charge in [0.15, 0.2) is 15.7 Å². The van der Waals surface area contributed by atoms with Gasteiger partial charge in [0.2, 0.25) is 0 Å². The maximum Gasteiger partial charge on any atom is 0.184 e. The molecule has 0 saturated heterocycles. The number of sulfone groups is 1. The standard InChI is InChI=1S/C11H16N4O2S3/c1-3-20(16,17)9-10(12)15-19-11(9)13-5-4-8-6-18-7(2)14-8/h6,13H,3-5H2,1-2H3,(H2,12,15). The molecule has 110 valence electrons. The Morgan fingerprint density at radius 2 is 2.20 bits per heavy atom. The zero-order valence-corrected chi connectivity index (χ0v) is 13.7. The van der Waals surface area contributed by atoms with Crippen molar-refractivity contribution in [3.63, 3.8) is 0 Å². The molecule has 0 bridgehead atoms. The second-order valence-corrected chi connectivity index (χ2v) is 8.21. The Morgan fingerprint density at radius 1 is 1.45 bits per heavy atom. The topological polar surface area (TPSA) is 98.0 Å². The normalized spacial score (nSPS) is 11.7. The van der Waals surface area contributed by atoms with Crippen molar-refractivity contribution >= 4 is 43.5 Å². The van der Waals surface area contributed by atoms with Gasteiger partial charge in [-0.2, -0.15) is 4.37 Å². The van der Waals surface area contributed by atoms with Crippen molar-refractivity contribution in [2.24, 2.45) is 0 Å². The molecule has 9 heteroatoms. The Morgan fingerprint density at radius 3 is 2.80 bits per heavy atom. The maximum absolute atomic E-state index is 12.0. The lowest BCUT2D eigenvalue weighted by molar-refractivity contribution is 0.598. The van der Waals surface area contributed by atoms with Gasteiger partial charge in [0, 0.05) is 18.3 Å². The Kier molecular flexibility index (Phi) is 4.61. The van der Waals surface area contributed by atoms with E-state index in [0.29, 0.717) is 11.5 Å². The first-order chi connectivity index (χ1) is 9.44. The average molecular weight is 332 g/mol. The molecule has 0 aliphatic carbocycles. The van der Waals surface area contributed by atoms with Crippen molar-refractivity contribution in [1.82, 2.24) is 9.36 Å². The van der Waals surface area contributed by atoms with Crippen molar-refractivity contribution in [1.29, 1.82) is 0 Å². The Labute approximate surface area is 126 Å². The lowest BCUT2D eigenvalue weighted by Gasteiger charge is -2.06. The van der Waals surface area contributed by atoms with Gasteiger partial charge in [-0.1, -0.05) is 6.92 Å². The molecule has 0 aromatic carbocycles. The number of hydrogen-bond acceptors (Lipinski definition) is 8. The fourth-order valence-electron chi connectivity index (χ4n) is 1.68. The summed E-state index contributed by atoms with van der Waals surface area (Å²) < 4.78 is 27.9. The van der Waals surface area contributed by atoms with Gasteiger partial charge in [-0.05, 0) is 18.5 Å². The second kappa shape index (κ2) is 6.06. The van der Waals surface area contributed by atoms with Crippen LogP contribution in [0.1, 0.15) is 17.6 Å². The number of aromatic nitrogens is 2. The summed E-state index contributed by atoms with van der Waals surface area (Å²) in [6.07, 6.45) is 0.730. The van der Waals surface area contributed by atoms with Gasteiger partial charge < -0.3 is 11.1 Å². The second-order valence-electron chi connectivity index (χ2n) is 4.16. The summed E-state index contributed by atoms with van der Waals surface area (Å²) >= 11 is 2.68. The van der Waals surface area contributed by atoms with Gasteiger partial charge >= 0.3 is 0 Å². The predicted octanol–water partition coefficient (Wildman–Crippen LogP) is 1.94. The van der Waals surface area contributed by atoms with Crippen LogP contribution in [-0.2, 0) is 16.3 Å². The van der Waals surface area contributed by atoms with Crippen LogP contribution >= 0.6 is 22.9 Å². The number of nitrogen functional groups attached to an aromatic ring is 1. The minimum atomic E-state index is -3.36. The average Bonchev–Trinajstić information content (AvgIpc) is 2.96. The molecular weight excluding hydrogens is 316 g/mol. The third-order valence-corrected chi connectivity index (χ3v) is 6.26. The molecule has 3 N–H and O–H groups in total. The molecule has 0 unspecified atom stereocenters. The zero-order chi connectivity index (χ0) is 14.8. The summed E-state index contributed by atoms with van der Waals surface area (Å²) in [5, 5.41) is 6.63. The van der Waals surface area contributed by atoms with Crippen molar-refractivity contribution in [2.45, 2.75) is 25.2 Å². The number of aryl methyl sites for hydroxylation is 1. The van der Waals surface area contributed by atoms with Gasteiger partial charge in [-0.15, -0.1) is 11.3 Å². The van der Waals surface area contributed by atoms with E-state index in [2.05, 4.69) is 14.7 Å². The molecule has 0 saturated carbocycles. The third kappa shape index (κ3) is 3.28. The van der Waals surface area contributed by atoms with Gasteiger partial charge in [0.1, 0.15) is 9.90 Å². The molecule has 2 aromatic rings.